The second-order valence-electron chi connectivity index (χ2n) is 6.23. The van der Waals surface area contributed by atoms with Crippen LogP contribution in [0.1, 0.15) is 18.4 Å². The minimum absolute atomic E-state index is 0.0578. The average Bonchev–Trinajstić information content (AvgIpc) is 3.20. The van der Waals surface area contributed by atoms with Crippen molar-refractivity contribution in [3.05, 3.63) is 29.6 Å². The zero-order chi connectivity index (χ0) is 16.8. The number of rotatable bonds is 4. The molecular formula is C16H18FN3O3S. The van der Waals surface area contributed by atoms with E-state index in [1.807, 2.05) is 0 Å². The number of hydrogen-bond donors (Lipinski definition) is 2. The van der Waals surface area contributed by atoms with Crippen molar-refractivity contribution in [2.24, 2.45) is 5.92 Å². The van der Waals surface area contributed by atoms with Crippen LogP contribution in [-0.4, -0.2) is 36.4 Å². The van der Waals surface area contributed by atoms with Gasteiger partial charge in [0.2, 0.25) is 11.2 Å². The highest BCUT2D eigenvalue weighted by molar-refractivity contribution is 7.85. The predicted octanol–water partition coefficient (Wildman–Crippen LogP) is 1.11. The number of amides is 1. The summed E-state index contributed by atoms with van der Waals surface area (Å²) in [5.74, 6) is -0.0120. The van der Waals surface area contributed by atoms with E-state index in [-0.39, 0.29) is 18.0 Å². The fourth-order valence-electron chi connectivity index (χ4n) is 3.23. The van der Waals surface area contributed by atoms with E-state index in [1.54, 1.807) is 12.1 Å². The second kappa shape index (κ2) is 5.86. The molecule has 0 aromatic heterocycles. The van der Waals surface area contributed by atoms with Gasteiger partial charge in [-0.15, -0.1) is 0 Å². The van der Waals surface area contributed by atoms with Gasteiger partial charge in [-0.25, -0.2) is 8.60 Å². The summed E-state index contributed by atoms with van der Waals surface area (Å²) in [6.07, 6.45) is 4.49. The summed E-state index contributed by atoms with van der Waals surface area (Å²) in [5.41, 5.74) is 1.40. The van der Waals surface area contributed by atoms with Crippen LogP contribution >= 0.6 is 0 Å². The largest absolute Gasteiger partial charge is 0.494 e. The Labute approximate surface area is 141 Å². The standard InChI is InChI=1S/C16H18FN3O3S/c1-23-13-5-4-11(10-6-12(18-7-10)9-2-3-9)15(17)16(13)20-8-14(21)19-24(20)22/h4-6,9,12,18H,2-3,7-8H2,1H3,(H,19,21). The summed E-state index contributed by atoms with van der Waals surface area (Å²) >= 11 is -1.80. The van der Waals surface area contributed by atoms with E-state index in [2.05, 4.69) is 16.1 Å². The molecule has 6 nitrogen and oxygen atoms in total. The summed E-state index contributed by atoms with van der Waals surface area (Å²) in [6, 6.07) is 3.63. The minimum Gasteiger partial charge on any atom is -0.494 e. The Morgan fingerprint density at radius 1 is 1.38 bits per heavy atom. The summed E-state index contributed by atoms with van der Waals surface area (Å²) in [7, 11) is 1.42. The van der Waals surface area contributed by atoms with E-state index < -0.39 is 22.9 Å². The molecule has 128 valence electrons. The molecule has 4 rings (SSSR count). The first-order chi connectivity index (χ1) is 11.6. The maximum absolute atomic E-state index is 15.2. The SMILES string of the molecule is COc1ccc(C2=CC(C3CC3)NC2)c(F)c1N1CC(=O)NS1=O. The van der Waals surface area contributed by atoms with Gasteiger partial charge >= 0.3 is 0 Å². The molecule has 1 amide bonds. The number of ether oxygens (including phenoxy) is 1. The van der Waals surface area contributed by atoms with Crippen LogP contribution in [0.3, 0.4) is 0 Å². The normalized spacial score (nSPS) is 26.5. The monoisotopic (exact) mass is 351 g/mol. The topological polar surface area (TPSA) is 70.7 Å². The van der Waals surface area contributed by atoms with Crippen LogP contribution in [-0.2, 0) is 16.0 Å². The van der Waals surface area contributed by atoms with Crippen LogP contribution in [0, 0.1) is 11.7 Å². The molecule has 1 aliphatic carbocycles. The molecule has 0 radical (unpaired) electrons. The fourth-order valence-corrected chi connectivity index (χ4v) is 4.17. The van der Waals surface area contributed by atoms with Crippen LogP contribution < -0.4 is 19.1 Å². The third-order valence-electron chi connectivity index (χ3n) is 4.62. The van der Waals surface area contributed by atoms with Crippen LogP contribution in [0.4, 0.5) is 10.1 Å². The molecular weight excluding hydrogens is 333 g/mol. The first-order valence-electron chi connectivity index (χ1n) is 7.88. The van der Waals surface area contributed by atoms with E-state index >= 15 is 4.39 Å². The van der Waals surface area contributed by atoms with Crippen molar-refractivity contribution in [2.45, 2.75) is 18.9 Å². The number of nitrogens with one attached hydrogen (secondary N) is 2. The number of hydrogen-bond acceptors (Lipinski definition) is 4. The smallest absolute Gasteiger partial charge is 0.253 e. The van der Waals surface area contributed by atoms with Gasteiger partial charge in [-0.1, -0.05) is 6.08 Å². The molecule has 1 saturated heterocycles. The third kappa shape index (κ3) is 2.59. The quantitative estimate of drug-likeness (QED) is 0.853. The van der Waals surface area contributed by atoms with Gasteiger partial charge in [0.05, 0.1) is 7.11 Å². The Morgan fingerprint density at radius 3 is 2.79 bits per heavy atom. The van der Waals surface area contributed by atoms with E-state index in [1.165, 1.54) is 24.3 Å². The molecule has 1 aromatic carbocycles. The number of nitrogens with zero attached hydrogens (tertiary/aromatic N) is 1. The van der Waals surface area contributed by atoms with Crippen molar-refractivity contribution in [3.63, 3.8) is 0 Å². The van der Waals surface area contributed by atoms with E-state index in [4.69, 9.17) is 4.74 Å². The molecule has 2 unspecified atom stereocenters. The second-order valence-corrected chi connectivity index (χ2v) is 7.37. The summed E-state index contributed by atoms with van der Waals surface area (Å²) in [5, 5.41) is 3.40. The zero-order valence-corrected chi connectivity index (χ0v) is 14.0. The maximum Gasteiger partial charge on any atom is 0.253 e. The summed E-state index contributed by atoms with van der Waals surface area (Å²) in [6.45, 7) is 0.440. The van der Waals surface area contributed by atoms with Crippen molar-refractivity contribution in [1.29, 1.82) is 0 Å². The number of carbonyl (C=O) groups excluding carboxylic acids is 1. The number of anilines is 1. The average molecular weight is 351 g/mol. The van der Waals surface area contributed by atoms with Gasteiger partial charge in [-0.05, 0) is 36.5 Å². The fraction of sp³-hybridized carbons (Fsp3) is 0.438. The lowest BCUT2D eigenvalue weighted by atomic mass is 10.0. The first-order valence-corrected chi connectivity index (χ1v) is 8.99. The van der Waals surface area contributed by atoms with Crippen LogP contribution in [0.5, 0.6) is 5.75 Å². The molecule has 2 aliphatic heterocycles. The van der Waals surface area contributed by atoms with Gasteiger partial charge in [-0.2, -0.15) is 0 Å². The van der Waals surface area contributed by atoms with Crippen molar-refractivity contribution < 1.29 is 18.1 Å². The van der Waals surface area contributed by atoms with E-state index in [0.717, 1.165) is 5.57 Å². The molecule has 8 heteroatoms. The summed E-state index contributed by atoms with van der Waals surface area (Å²) in [4.78, 5) is 11.5. The van der Waals surface area contributed by atoms with Gasteiger partial charge in [-0.3, -0.25) is 13.8 Å². The lowest BCUT2D eigenvalue weighted by Gasteiger charge is -2.19. The highest BCUT2D eigenvalue weighted by Crippen LogP contribution is 2.40. The number of halogens is 1. The predicted molar refractivity (Wildman–Crippen MR) is 89.1 cm³/mol. The molecule has 2 heterocycles. The molecule has 24 heavy (non-hydrogen) atoms. The van der Waals surface area contributed by atoms with Crippen LogP contribution in [0.15, 0.2) is 18.2 Å². The molecule has 0 spiro atoms. The minimum atomic E-state index is -1.80. The highest BCUT2D eigenvalue weighted by atomic mass is 32.2. The van der Waals surface area contributed by atoms with E-state index in [0.29, 0.717) is 24.1 Å². The molecule has 0 bridgehead atoms. The van der Waals surface area contributed by atoms with Gasteiger partial charge in [0.25, 0.3) is 5.91 Å². The van der Waals surface area contributed by atoms with Crippen molar-refractivity contribution in [3.8, 4) is 5.75 Å². The number of benzene rings is 1. The molecule has 3 aliphatic rings. The Morgan fingerprint density at radius 2 is 2.17 bits per heavy atom. The molecule has 2 fully saturated rings. The van der Waals surface area contributed by atoms with Gasteiger partial charge in [0.1, 0.15) is 18.0 Å². The molecule has 2 N–H and O–H groups in total. The van der Waals surface area contributed by atoms with Crippen molar-refractivity contribution >= 4 is 28.3 Å². The Hall–Kier alpha value is -1.93. The Kier molecular flexibility index (Phi) is 3.80. The summed E-state index contributed by atoms with van der Waals surface area (Å²) < 4.78 is 35.9. The van der Waals surface area contributed by atoms with Gasteiger partial charge in [0.15, 0.2) is 5.82 Å². The van der Waals surface area contributed by atoms with Crippen molar-refractivity contribution in [1.82, 2.24) is 10.0 Å². The maximum atomic E-state index is 15.2. The number of carbonyl (C=O) groups is 1. The highest BCUT2D eigenvalue weighted by Gasteiger charge is 2.35. The lowest BCUT2D eigenvalue weighted by molar-refractivity contribution is -0.117. The van der Waals surface area contributed by atoms with E-state index in [9.17, 15) is 9.00 Å². The Bertz CT molecular complexity index is 763. The first kappa shape index (κ1) is 15.6. The lowest BCUT2D eigenvalue weighted by Crippen LogP contribution is -2.25. The molecule has 2 atom stereocenters. The van der Waals surface area contributed by atoms with Crippen LogP contribution in [0.2, 0.25) is 0 Å². The van der Waals surface area contributed by atoms with Crippen LogP contribution in [0.25, 0.3) is 5.57 Å². The van der Waals surface area contributed by atoms with Gasteiger partial charge in [0, 0.05) is 18.2 Å². The van der Waals surface area contributed by atoms with Crippen molar-refractivity contribution in [2.75, 3.05) is 24.5 Å². The Balaban J connectivity index is 1.74. The number of methoxy groups -OCH3 is 1. The molecule has 1 saturated carbocycles. The third-order valence-corrected chi connectivity index (χ3v) is 5.74. The zero-order valence-electron chi connectivity index (χ0n) is 13.2. The van der Waals surface area contributed by atoms with Gasteiger partial charge < -0.3 is 10.1 Å². The molecule has 1 aromatic rings.